The Kier molecular flexibility index (Phi) is 4.94. The number of carbonyl (C=O) groups excluding carboxylic acids is 1. The molecule has 0 atom stereocenters. The van der Waals surface area contributed by atoms with Gasteiger partial charge in [-0.2, -0.15) is 13.2 Å². The lowest BCUT2D eigenvalue weighted by molar-refractivity contribution is -0.137. The highest BCUT2D eigenvalue weighted by Crippen LogP contribution is 2.28. The number of halogens is 3. The van der Waals surface area contributed by atoms with Gasteiger partial charge in [-0.15, -0.1) is 0 Å². The van der Waals surface area contributed by atoms with E-state index in [9.17, 15) is 18.0 Å². The third-order valence-corrected chi connectivity index (χ3v) is 2.12. The number of rotatable bonds is 5. The average Bonchev–Trinajstić information content (AvgIpc) is 2.29. The van der Waals surface area contributed by atoms with Crippen molar-refractivity contribution in [1.29, 1.82) is 0 Å². The highest BCUT2D eigenvalue weighted by atomic mass is 19.4. The van der Waals surface area contributed by atoms with E-state index in [2.05, 4.69) is 15.6 Å². The van der Waals surface area contributed by atoms with E-state index in [1.54, 1.807) is 0 Å². The van der Waals surface area contributed by atoms with E-state index in [0.29, 0.717) is 18.9 Å². The number of aromatic nitrogens is 1. The largest absolute Gasteiger partial charge is 0.417 e. The number of hydrogen-bond donors (Lipinski definition) is 2. The van der Waals surface area contributed by atoms with Gasteiger partial charge in [0, 0.05) is 25.7 Å². The molecule has 0 saturated carbocycles. The molecule has 0 unspecified atom stereocenters. The summed E-state index contributed by atoms with van der Waals surface area (Å²) < 4.78 is 36.7. The van der Waals surface area contributed by atoms with Crippen molar-refractivity contribution in [2.45, 2.75) is 19.5 Å². The molecule has 0 radical (unpaired) electrons. The van der Waals surface area contributed by atoms with Crippen LogP contribution in [0.2, 0.25) is 0 Å². The van der Waals surface area contributed by atoms with Gasteiger partial charge in [0.05, 0.1) is 5.56 Å². The molecule has 0 aliphatic rings. The Labute approximate surface area is 103 Å². The molecule has 2 N–H and O–H groups in total. The maximum atomic E-state index is 12.2. The summed E-state index contributed by atoms with van der Waals surface area (Å²) in [4.78, 5) is 14.7. The topological polar surface area (TPSA) is 54.0 Å². The van der Waals surface area contributed by atoms with E-state index in [1.807, 2.05) is 6.92 Å². The van der Waals surface area contributed by atoms with E-state index in [0.717, 1.165) is 12.3 Å². The lowest BCUT2D eigenvalue weighted by Crippen LogP contribution is -2.24. The van der Waals surface area contributed by atoms with E-state index >= 15 is 0 Å². The average molecular weight is 261 g/mol. The van der Waals surface area contributed by atoms with Gasteiger partial charge in [0.25, 0.3) is 0 Å². The second-order valence-electron chi connectivity index (χ2n) is 3.56. The summed E-state index contributed by atoms with van der Waals surface area (Å²) in [6.45, 7) is 2.68. The lowest BCUT2D eigenvalue weighted by atomic mass is 10.3. The minimum Gasteiger partial charge on any atom is -0.370 e. The molecule has 0 aliphatic heterocycles. The lowest BCUT2D eigenvalue weighted by Gasteiger charge is -2.08. The molecular weight excluding hydrogens is 247 g/mol. The second-order valence-corrected chi connectivity index (χ2v) is 3.56. The SMILES string of the molecule is CCNC(=O)CCNc1ccc(C(F)(F)F)cn1. The minimum absolute atomic E-state index is 0.114. The van der Waals surface area contributed by atoms with Crippen molar-refractivity contribution in [2.75, 3.05) is 18.4 Å². The molecule has 0 aliphatic carbocycles. The first-order chi connectivity index (χ1) is 8.43. The van der Waals surface area contributed by atoms with Crippen LogP contribution in [0.3, 0.4) is 0 Å². The molecule has 1 amide bonds. The molecule has 0 spiro atoms. The standard InChI is InChI=1S/C11H14F3N3O/c1-2-15-10(18)5-6-16-9-4-3-8(7-17-9)11(12,13)14/h3-4,7H,2,5-6H2,1H3,(H,15,18)(H,16,17). The van der Waals surface area contributed by atoms with Crippen molar-refractivity contribution in [1.82, 2.24) is 10.3 Å². The third kappa shape index (κ3) is 4.60. The van der Waals surface area contributed by atoms with Gasteiger partial charge in [0.2, 0.25) is 5.91 Å². The van der Waals surface area contributed by atoms with Crippen LogP contribution < -0.4 is 10.6 Å². The smallest absolute Gasteiger partial charge is 0.370 e. The van der Waals surface area contributed by atoms with Crippen LogP contribution in [0, 0.1) is 0 Å². The highest BCUT2D eigenvalue weighted by Gasteiger charge is 2.30. The van der Waals surface area contributed by atoms with E-state index in [4.69, 9.17) is 0 Å². The van der Waals surface area contributed by atoms with Gasteiger partial charge in [-0.25, -0.2) is 4.98 Å². The molecule has 0 bridgehead atoms. The number of alkyl halides is 3. The Balaban J connectivity index is 2.42. The van der Waals surface area contributed by atoms with Gasteiger partial charge in [0.15, 0.2) is 0 Å². The number of pyridine rings is 1. The van der Waals surface area contributed by atoms with Gasteiger partial charge >= 0.3 is 6.18 Å². The van der Waals surface area contributed by atoms with Crippen molar-refractivity contribution in [3.63, 3.8) is 0 Å². The highest BCUT2D eigenvalue weighted by molar-refractivity contribution is 5.76. The summed E-state index contributed by atoms with van der Waals surface area (Å²) in [6.07, 6.45) is -3.38. The molecule has 0 saturated heterocycles. The fourth-order valence-electron chi connectivity index (χ4n) is 1.26. The minimum atomic E-state index is -4.38. The summed E-state index contributed by atoms with van der Waals surface area (Å²) >= 11 is 0. The zero-order valence-electron chi connectivity index (χ0n) is 9.84. The molecule has 1 heterocycles. The molecule has 18 heavy (non-hydrogen) atoms. The maximum Gasteiger partial charge on any atom is 0.417 e. The fourth-order valence-corrected chi connectivity index (χ4v) is 1.26. The summed E-state index contributed by atoms with van der Waals surface area (Å²) in [7, 11) is 0. The number of carbonyl (C=O) groups is 1. The quantitative estimate of drug-likeness (QED) is 0.852. The molecule has 0 aromatic carbocycles. The molecular formula is C11H14F3N3O. The van der Waals surface area contributed by atoms with Crippen LogP contribution >= 0.6 is 0 Å². The summed E-state index contributed by atoms with van der Waals surface area (Å²) in [5, 5.41) is 5.39. The number of nitrogens with one attached hydrogen (secondary N) is 2. The zero-order chi connectivity index (χ0) is 13.6. The Bertz CT molecular complexity index is 390. The van der Waals surface area contributed by atoms with Crippen LogP contribution in [0.5, 0.6) is 0 Å². The van der Waals surface area contributed by atoms with Crippen LogP contribution in [0.15, 0.2) is 18.3 Å². The van der Waals surface area contributed by atoms with Gasteiger partial charge in [-0.05, 0) is 19.1 Å². The van der Waals surface area contributed by atoms with Gasteiger partial charge in [-0.1, -0.05) is 0 Å². The van der Waals surface area contributed by atoms with E-state index in [1.165, 1.54) is 6.07 Å². The first kappa shape index (κ1) is 14.3. The van der Waals surface area contributed by atoms with Crippen molar-refractivity contribution >= 4 is 11.7 Å². The molecule has 100 valence electrons. The molecule has 1 aromatic rings. The van der Waals surface area contributed by atoms with Gasteiger partial charge in [0.1, 0.15) is 5.82 Å². The number of nitrogens with zero attached hydrogens (tertiary/aromatic N) is 1. The Hall–Kier alpha value is -1.79. The second kappa shape index (κ2) is 6.23. The summed E-state index contributed by atoms with van der Waals surface area (Å²) in [5.41, 5.74) is -0.795. The monoisotopic (exact) mass is 261 g/mol. The van der Waals surface area contributed by atoms with Crippen LogP contribution in [-0.2, 0) is 11.0 Å². The number of amides is 1. The Morgan fingerprint density at radius 1 is 1.39 bits per heavy atom. The summed E-state index contributed by atoms with van der Waals surface area (Å²) in [6, 6.07) is 2.18. The predicted molar refractivity (Wildman–Crippen MR) is 61.0 cm³/mol. The fraction of sp³-hybridized carbons (Fsp3) is 0.455. The van der Waals surface area contributed by atoms with Gasteiger partial charge < -0.3 is 10.6 Å². The number of hydrogen-bond acceptors (Lipinski definition) is 3. The van der Waals surface area contributed by atoms with Crippen molar-refractivity contribution in [3.8, 4) is 0 Å². The summed E-state index contributed by atoms with van der Waals surface area (Å²) in [5.74, 6) is 0.198. The number of anilines is 1. The van der Waals surface area contributed by atoms with E-state index < -0.39 is 11.7 Å². The predicted octanol–water partition coefficient (Wildman–Crippen LogP) is 2.04. The van der Waals surface area contributed by atoms with E-state index in [-0.39, 0.29) is 12.3 Å². The van der Waals surface area contributed by atoms with Crippen molar-refractivity contribution in [3.05, 3.63) is 23.9 Å². The molecule has 1 aromatic heterocycles. The third-order valence-electron chi connectivity index (χ3n) is 2.12. The van der Waals surface area contributed by atoms with Crippen molar-refractivity contribution < 1.29 is 18.0 Å². The van der Waals surface area contributed by atoms with Crippen LogP contribution in [0.1, 0.15) is 18.9 Å². The molecule has 7 heteroatoms. The molecule has 4 nitrogen and oxygen atoms in total. The Morgan fingerprint density at radius 3 is 2.61 bits per heavy atom. The molecule has 0 fully saturated rings. The first-order valence-corrected chi connectivity index (χ1v) is 5.47. The zero-order valence-corrected chi connectivity index (χ0v) is 9.84. The maximum absolute atomic E-state index is 12.2. The first-order valence-electron chi connectivity index (χ1n) is 5.47. The Morgan fingerprint density at radius 2 is 2.11 bits per heavy atom. The van der Waals surface area contributed by atoms with Crippen LogP contribution in [0.25, 0.3) is 0 Å². The van der Waals surface area contributed by atoms with Gasteiger partial charge in [-0.3, -0.25) is 4.79 Å². The van der Waals surface area contributed by atoms with Crippen LogP contribution in [-0.4, -0.2) is 24.0 Å². The normalized spacial score (nSPS) is 11.1. The molecule has 1 rings (SSSR count). The van der Waals surface area contributed by atoms with Crippen molar-refractivity contribution in [2.24, 2.45) is 0 Å². The van der Waals surface area contributed by atoms with Crippen LogP contribution in [0.4, 0.5) is 19.0 Å².